The number of hydrogen-bond acceptors (Lipinski definition) is 6. The lowest BCUT2D eigenvalue weighted by Crippen LogP contribution is -2.33. The number of amides is 4. The van der Waals surface area contributed by atoms with E-state index in [4.69, 9.17) is 4.74 Å². The van der Waals surface area contributed by atoms with Crippen LogP contribution in [-0.4, -0.2) is 54.2 Å². The number of rotatable bonds is 10. The largest absolute Gasteiger partial charge is 0.444 e. The summed E-state index contributed by atoms with van der Waals surface area (Å²) in [6.45, 7) is 8.15. The molecule has 0 spiro atoms. The van der Waals surface area contributed by atoms with Crippen molar-refractivity contribution in [1.82, 2.24) is 15.2 Å². The average Bonchev–Trinajstić information content (AvgIpc) is 2.88. The molecular weight excluding hydrogens is 520 g/mol. The Labute approximate surface area is 241 Å². The van der Waals surface area contributed by atoms with E-state index >= 15 is 0 Å². The second kappa shape index (κ2) is 14.3. The van der Waals surface area contributed by atoms with Crippen LogP contribution < -0.4 is 21.3 Å². The Kier molecular flexibility index (Phi) is 10.8. The lowest BCUT2D eigenvalue weighted by molar-refractivity contribution is 0.0635. The van der Waals surface area contributed by atoms with E-state index in [1.807, 2.05) is 45.3 Å². The van der Waals surface area contributed by atoms with Gasteiger partial charge in [-0.2, -0.15) is 0 Å². The summed E-state index contributed by atoms with van der Waals surface area (Å²) < 4.78 is 5.32. The molecule has 0 radical (unpaired) electrons. The fraction of sp³-hybridized carbons (Fsp3) is 0.355. The van der Waals surface area contributed by atoms with Crippen molar-refractivity contribution in [3.05, 3.63) is 83.7 Å². The molecule has 218 valence electrons. The summed E-state index contributed by atoms with van der Waals surface area (Å²) in [6.07, 6.45) is 2.52. The molecule has 4 amide bonds. The van der Waals surface area contributed by atoms with Crippen LogP contribution in [0.15, 0.2) is 66.9 Å². The number of carbonyl (C=O) groups excluding carboxylic acids is 3. The van der Waals surface area contributed by atoms with E-state index in [2.05, 4.69) is 31.2 Å². The third kappa shape index (κ3) is 10.6. The summed E-state index contributed by atoms with van der Waals surface area (Å²) in [4.78, 5) is 44.5. The van der Waals surface area contributed by atoms with Crippen LogP contribution in [0.5, 0.6) is 0 Å². The fourth-order valence-electron chi connectivity index (χ4n) is 4.03. The molecule has 1 unspecified atom stereocenters. The standard InChI is InChI=1S/C31H40N6O4/c1-21-11-9-12-23(19-21)33-29(39)35-24(15-10-18-37(5)6)22-16-17-27(32-20-22)28(38)34-25-13-7-8-14-26(25)36-30(40)41-31(2,3)4/h7-9,11-14,16-17,19-20,24H,10,15,18H2,1-6H3,(H,34,38)(H,36,40)(H2,33,35,39). The monoisotopic (exact) mass is 560 g/mol. The lowest BCUT2D eigenvalue weighted by atomic mass is 10.0. The van der Waals surface area contributed by atoms with E-state index < -0.39 is 17.6 Å². The molecular formula is C31H40N6O4. The first kappa shape index (κ1) is 31.1. The van der Waals surface area contributed by atoms with Crippen LogP contribution in [0.4, 0.5) is 26.7 Å². The number of nitrogens with zero attached hydrogens (tertiary/aromatic N) is 2. The fourth-order valence-corrected chi connectivity index (χ4v) is 4.03. The van der Waals surface area contributed by atoms with Gasteiger partial charge >= 0.3 is 12.1 Å². The van der Waals surface area contributed by atoms with Gasteiger partial charge in [0, 0.05) is 11.9 Å². The highest BCUT2D eigenvalue weighted by molar-refractivity contribution is 6.05. The number of nitrogens with one attached hydrogen (secondary N) is 4. The van der Waals surface area contributed by atoms with Gasteiger partial charge in [0.25, 0.3) is 5.91 Å². The second-order valence-corrected chi connectivity index (χ2v) is 11.1. The molecule has 4 N–H and O–H groups in total. The molecule has 0 bridgehead atoms. The number of hydrogen-bond donors (Lipinski definition) is 4. The highest BCUT2D eigenvalue weighted by atomic mass is 16.6. The quantitative estimate of drug-likeness (QED) is 0.234. The van der Waals surface area contributed by atoms with Crippen LogP contribution in [0.1, 0.15) is 61.3 Å². The Bertz CT molecular complexity index is 1330. The Hall–Kier alpha value is -4.44. The van der Waals surface area contributed by atoms with Gasteiger partial charge in [0.15, 0.2) is 0 Å². The zero-order valence-electron chi connectivity index (χ0n) is 24.6. The number of carbonyl (C=O) groups is 3. The number of pyridine rings is 1. The normalized spacial score (nSPS) is 11.9. The smallest absolute Gasteiger partial charge is 0.412 e. The van der Waals surface area contributed by atoms with Crippen LogP contribution in [0.3, 0.4) is 0 Å². The zero-order valence-corrected chi connectivity index (χ0v) is 24.6. The van der Waals surface area contributed by atoms with Gasteiger partial charge in [0.1, 0.15) is 11.3 Å². The summed E-state index contributed by atoms with van der Waals surface area (Å²) >= 11 is 0. The molecule has 41 heavy (non-hydrogen) atoms. The molecule has 0 saturated heterocycles. The van der Waals surface area contributed by atoms with Crippen molar-refractivity contribution in [2.45, 2.75) is 52.2 Å². The van der Waals surface area contributed by atoms with Gasteiger partial charge in [-0.1, -0.05) is 30.3 Å². The molecule has 3 rings (SSSR count). The summed E-state index contributed by atoms with van der Waals surface area (Å²) in [5.41, 5.74) is 2.88. The van der Waals surface area contributed by atoms with Gasteiger partial charge < -0.3 is 25.6 Å². The SMILES string of the molecule is Cc1cccc(NC(=O)NC(CCCN(C)C)c2ccc(C(=O)Nc3ccccc3NC(=O)OC(C)(C)C)nc2)c1. The summed E-state index contributed by atoms with van der Waals surface area (Å²) in [7, 11) is 4.01. The molecule has 1 aromatic heterocycles. The summed E-state index contributed by atoms with van der Waals surface area (Å²) in [5, 5.41) is 11.4. The lowest BCUT2D eigenvalue weighted by Gasteiger charge is -2.21. The van der Waals surface area contributed by atoms with Crippen LogP contribution in [0.2, 0.25) is 0 Å². The minimum Gasteiger partial charge on any atom is -0.444 e. The van der Waals surface area contributed by atoms with Gasteiger partial charge in [-0.25, -0.2) is 9.59 Å². The Morgan fingerprint density at radius 1 is 0.927 bits per heavy atom. The minimum absolute atomic E-state index is 0.192. The highest BCUT2D eigenvalue weighted by Crippen LogP contribution is 2.24. The predicted octanol–water partition coefficient (Wildman–Crippen LogP) is 6.19. The van der Waals surface area contributed by atoms with E-state index in [9.17, 15) is 14.4 Å². The van der Waals surface area contributed by atoms with Crippen LogP contribution >= 0.6 is 0 Å². The van der Waals surface area contributed by atoms with E-state index in [0.29, 0.717) is 23.5 Å². The van der Waals surface area contributed by atoms with Gasteiger partial charge in [0.05, 0.1) is 17.4 Å². The predicted molar refractivity (Wildman–Crippen MR) is 162 cm³/mol. The molecule has 10 heteroatoms. The summed E-state index contributed by atoms with van der Waals surface area (Å²) in [5.74, 6) is -0.440. The van der Waals surface area contributed by atoms with Crippen LogP contribution in [0, 0.1) is 6.92 Å². The van der Waals surface area contributed by atoms with E-state index in [-0.39, 0.29) is 17.8 Å². The van der Waals surface area contributed by atoms with Gasteiger partial charge in [0.2, 0.25) is 0 Å². The Morgan fingerprint density at radius 2 is 1.63 bits per heavy atom. The number of aromatic nitrogens is 1. The van der Waals surface area contributed by atoms with Crippen molar-refractivity contribution in [1.29, 1.82) is 0 Å². The number of benzene rings is 2. The first-order valence-corrected chi connectivity index (χ1v) is 13.5. The third-order valence-corrected chi connectivity index (χ3v) is 5.91. The maximum Gasteiger partial charge on any atom is 0.412 e. The van der Waals surface area contributed by atoms with E-state index in [1.165, 1.54) is 0 Å². The van der Waals surface area contributed by atoms with Gasteiger partial charge in [-0.15, -0.1) is 0 Å². The topological polar surface area (TPSA) is 125 Å². The number of para-hydroxylation sites is 2. The van der Waals surface area contributed by atoms with Crippen molar-refractivity contribution < 1.29 is 19.1 Å². The van der Waals surface area contributed by atoms with Crippen molar-refractivity contribution in [3.63, 3.8) is 0 Å². The molecule has 2 aromatic carbocycles. The average molecular weight is 561 g/mol. The van der Waals surface area contributed by atoms with E-state index in [0.717, 1.165) is 24.1 Å². The Morgan fingerprint density at radius 3 is 2.24 bits per heavy atom. The first-order valence-electron chi connectivity index (χ1n) is 13.5. The molecule has 0 aliphatic carbocycles. The molecule has 1 heterocycles. The van der Waals surface area contributed by atoms with Crippen molar-refractivity contribution in [2.24, 2.45) is 0 Å². The highest BCUT2D eigenvalue weighted by Gasteiger charge is 2.19. The number of anilines is 3. The molecule has 0 fully saturated rings. The third-order valence-electron chi connectivity index (χ3n) is 5.91. The van der Waals surface area contributed by atoms with Crippen molar-refractivity contribution in [2.75, 3.05) is 36.6 Å². The molecule has 10 nitrogen and oxygen atoms in total. The Balaban J connectivity index is 1.70. The number of aryl methyl sites for hydroxylation is 1. The molecule has 0 aliphatic heterocycles. The molecule has 0 aliphatic rings. The molecule has 1 atom stereocenters. The summed E-state index contributed by atoms with van der Waals surface area (Å²) in [6, 6.07) is 17.2. The molecule has 0 saturated carbocycles. The maximum atomic E-state index is 13.0. The van der Waals surface area contributed by atoms with Crippen molar-refractivity contribution >= 4 is 35.1 Å². The number of ether oxygens (including phenoxy) is 1. The zero-order chi connectivity index (χ0) is 30.0. The number of urea groups is 1. The second-order valence-electron chi connectivity index (χ2n) is 11.1. The van der Waals surface area contributed by atoms with Gasteiger partial charge in [-0.3, -0.25) is 15.1 Å². The first-order chi connectivity index (χ1) is 19.4. The van der Waals surface area contributed by atoms with Crippen LogP contribution in [-0.2, 0) is 4.74 Å². The molecule has 3 aromatic rings. The minimum atomic E-state index is -0.658. The maximum absolute atomic E-state index is 13.0. The van der Waals surface area contributed by atoms with Gasteiger partial charge in [-0.05, 0) is 103 Å². The van der Waals surface area contributed by atoms with Crippen molar-refractivity contribution in [3.8, 4) is 0 Å². The van der Waals surface area contributed by atoms with Crippen LogP contribution in [0.25, 0.3) is 0 Å². The van der Waals surface area contributed by atoms with E-state index in [1.54, 1.807) is 63.4 Å².